The summed E-state index contributed by atoms with van der Waals surface area (Å²) >= 11 is 3.38. The predicted molar refractivity (Wildman–Crippen MR) is 129 cm³/mol. The lowest BCUT2D eigenvalue weighted by atomic mass is 10.2. The van der Waals surface area contributed by atoms with Crippen LogP contribution in [0.2, 0.25) is 0 Å². The van der Waals surface area contributed by atoms with Crippen LogP contribution >= 0.6 is 15.9 Å². The van der Waals surface area contributed by atoms with E-state index in [1.54, 1.807) is 24.3 Å². The third-order valence-electron chi connectivity index (χ3n) is 3.71. The van der Waals surface area contributed by atoms with Crippen molar-refractivity contribution in [2.24, 2.45) is 21.7 Å². The van der Waals surface area contributed by atoms with Crippen LogP contribution in [0.5, 0.6) is 5.75 Å². The zero-order valence-corrected chi connectivity index (χ0v) is 18.9. The molecular formula is C22H23BrN6O3. The van der Waals surface area contributed by atoms with Gasteiger partial charge in [0.05, 0.1) is 6.61 Å². The Morgan fingerprint density at radius 3 is 2.06 bits per heavy atom. The molecule has 2 aromatic carbocycles. The molecule has 10 heteroatoms. The van der Waals surface area contributed by atoms with Crippen molar-refractivity contribution in [1.29, 1.82) is 0 Å². The summed E-state index contributed by atoms with van der Waals surface area (Å²) in [5.41, 5.74) is 12.8. The van der Waals surface area contributed by atoms with Crippen LogP contribution in [0.1, 0.15) is 18.1 Å². The first-order chi connectivity index (χ1) is 15.4. The zero-order chi connectivity index (χ0) is 23.3. The summed E-state index contributed by atoms with van der Waals surface area (Å²) in [7, 11) is 0. The lowest BCUT2D eigenvalue weighted by Gasteiger charge is -2.02. The fourth-order valence-corrected chi connectivity index (χ4v) is 2.70. The SMILES string of the molecule is CCOc1ccc(C=CC(=O)NC(N)=NN=C(N)NC(=O)C=Cc2ccccc2Br)cc1. The number of rotatable bonds is 7. The number of carbonyl (C=O) groups excluding carboxylic acids is 2. The van der Waals surface area contributed by atoms with Crippen LogP contribution in [0, 0.1) is 0 Å². The number of amides is 2. The molecule has 0 aliphatic rings. The Morgan fingerprint density at radius 1 is 0.938 bits per heavy atom. The Labute approximate surface area is 194 Å². The van der Waals surface area contributed by atoms with E-state index in [0.29, 0.717) is 6.61 Å². The van der Waals surface area contributed by atoms with Crippen LogP contribution in [0.15, 0.2) is 75.4 Å². The number of hydrogen-bond donors (Lipinski definition) is 4. The molecule has 0 saturated carbocycles. The van der Waals surface area contributed by atoms with Gasteiger partial charge in [0.15, 0.2) is 0 Å². The average Bonchev–Trinajstić information content (AvgIpc) is 2.77. The van der Waals surface area contributed by atoms with Gasteiger partial charge in [-0.05, 0) is 48.4 Å². The van der Waals surface area contributed by atoms with E-state index in [4.69, 9.17) is 16.2 Å². The maximum atomic E-state index is 11.9. The Bertz CT molecular complexity index is 1060. The van der Waals surface area contributed by atoms with Crippen molar-refractivity contribution in [2.45, 2.75) is 6.92 Å². The first kappa shape index (κ1) is 24.4. The van der Waals surface area contributed by atoms with Gasteiger partial charge in [-0.2, -0.15) is 0 Å². The van der Waals surface area contributed by atoms with Crippen molar-refractivity contribution < 1.29 is 14.3 Å². The Hall–Kier alpha value is -3.92. The summed E-state index contributed by atoms with van der Waals surface area (Å²) in [6.07, 6.45) is 5.80. The molecule has 0 aliphatic carbocycles. The summed E-state index contributed by atoms with van der Waals surface area (Å²) in [5.74, 6) is -0.829. The van der Waals surface area contributed by atoms with Gasteiger partial charge in [0, 0.05) is 16.6 Å². The monoisotopic (exact) mass is 498 g/mol. The Morgan fingerprint density at radius 2 is 1.50 bits per heavy atom. The van der Waals surface area contributed by atoms with Gasteiger partial charge in [0.1, 0.15) is 5.75 Å². The molecule has 32 heavy (non-hydrogen) atoms. The van der Waals surface area contributed by atoms with E-state index in [9.17, 15) is 9.59 Å². The molecule has 9 nitrogen and oxygen atoms in total. The van der Waals surface area contributed by atoms with Crippen molar-refractivity contribution in [3.05, 3.63) is 76.3 Å². The van der Waals surface area contributed by atoms with Crippen LogP contribution in [0.4, 0.5) is 0 Å². The minimum absolute atomic E-state index is 0.283. The highest BCUT2D eigenvalue weighted by atomic mass is 79.9. The van der Waals surface area contributed by atoms with Crippen molar-refractivity contribution >= 4 is 51.8 Å². The molecule has 0 bridgehead atoms. The molecule has 0 spiro atoms. The van der Waals surface area contributed by atoms with E-state index in [1.807, 2.05) is 43.3 Å². The largest absolute Gasteiger partial charge is 0.494 e. The molecule has 0 fully saturated rings. The average molecular weight is 499 g/mol. The summed E-state index contributed by atoms with van der Waals surface area (Å²) in [4.78, 5) is 23.8. The summed E-state index contributed by atoms with van der Waals surface area (Å²) in [6.45, 7) is 2.48. The molecule has 0 heterocycles. The van der Waals surface area contributed by atoms with E-state index in [2.05, 4.69) is 36.8 Å². The van der Waals surface area contributed by atoms with Crippen LogP contribution in [-0.4, -0.2) is 30.3 Å². The predicted octanol–water partition coefficient (Wildman–Crippen LogP) is 2.35. The van der Waals surface area contributed by atoms with E-state index in [0.717, 1.165) is 21.3 Å². The Kier molecular flexibility index (Phi) is 9.67. The highest BCUT2D eigenvalue weighted by Gasteiger charge is 2.01. The van der Waals surface area contributed by atoms with Gasteiger partial charge in [0.2, 0.25) is 11.9 Å². The van der Waals surface area contributed by atoms with Gasteiger partial charge in [0.25, 0.3) is 11.8 Å². The second-order valence-electron chi connectivity index (χ2n) is 6.14. The first-order valence-electron chi connectivity index (χ1n) is 9.49. The molecule has 6 N–H and O–H groups in total. The van der Waals surface area contributed by atoms with Gasteiger partial charge in [-0.15, -0.1) is 10.2 Å². The number of benzene rings is 2. The fourth-order valence-electron chi connectivity index (χ4n) is 2.28. The van der Waals surface area contributed by atoms with Crippen molar-refractivity contribution in [3.63, 3.8) is 0 Å². The molecule has 0 aliphatic heterocycles. The normalized spacial score (nSPS) is 12.2. The standard InChI is InChI=1S/C22H23BrN6O3/c1-2-32-17-11-7-15(8-12-17)9-13-19(30)26-21(24)28-29-22(25)27-20(31)14-10-16-5-3-4-6-18(16)23/h3-14H,2H2,1H3,(H3,24,26,28,30)(H3,25,27,29,31). The number of hydrogen-bond acceptors (Lipinski definition) is 5. The molecule has 0 saturated heterocycles. The van der Waals surface area contributed by atoms with E-state index in [-0.39, 0.29) is 11.9 Å². The third-order valence-corrected chi connectivity index (χ3v) is 4.43. The number of ether oxygens (including phenoxy) is 1. The lowest BCUT2D eigenvalue weighted by Crippen LogP contribution is -2.37. The molecule has 0 aromatic heterocycles. The van der Waals surface area contributed by atoms with E-state index in [1.165, 1.54) is 12.2 Å². The molecular weight excluding hydrogens is 476 g/mol. The van der Waals surface area contributed by atoms with Gasteiger partial charge in [-0.3, -0.25) is 20.2 Å². The number of nitrogens with zero attached hydrogens (tertiary/aromatic N) is 2. The second-order valence-corrected chi connectivity index (χ2v) is 6.99. The molecule has 2 rings (SSSR count). The quantitative estimate of drug-likeness (QED) is 0.200. The van der Waals surface area contributed by atoms with Crippen molar-refractivity contribution in [1.82, 2.24) is 10.6 Å². The van der Waals surface area contributed by atoms with Crippen molar-refractivity contribution in [3.8, 4) is 5.75 Å². The van der Waals surface area contributed by atoms with Gasteiger partial charge in [-0.25, -0.2) is 0 Å². The van der Waals surface area contributed by atoms with Gasteiger partial charge >= 0.3 is 0 Å². The smallest absolute Gasteiger partial charge is 0.250 e. The number of halogens is 1. The number of nitrogens with one attached hydrogen (secondary N) is 2. The minimum atomic E-state index is -0.505. The highest BCUT2D eigenvalue weighted by Crippen LogP contribution is 2.17. The molecule has 0 radical (unpaired) electrons. The van der Waals surface area contributed by atoms with E-state index < -0.39 is 11.8 Å². The zero-order valence-electron chi connectivity index (χ0n) is 17.3. The molecule has 0 unspecified atom stereocenters. The molecule has 2 amide bonds. The van der Waals surface area contributed by atoms with Crippen LogP contribution in [-0.2, 0) is 9.59 Å². The lowest BCUT2D eigenvalue weighted by molar-refractivity contribution is -0.116. The highest BCUT2D eigenvalue weighted by molar-refractivity contribution is 9.10. The number of guanidine groups is 2. The van der Waals surface area contributed by atoms with Gasteiger partial charge in [-0.1, -0.05) is 46.3 Å². The maximum Gasteiger partial charge on any atom is 0.250 e. The second kappa shape index (κ2) is 12.7. The fraction of sp³-hybridized carbons (Fsp3) is 0.0909. The molecule has 0 atom stereocenters. The van der Waals surface area contributed by atoms with Crippen LogP contribution in [0.25, 0.3) is 12.2 Å². The number of nitrogens with two attached hydrogens (primary N) is 2. The third kappa shape index (κ3) is 8.84. The first-order valence-corrected chi connectivity index (χ1v) is 10.3. The van der Waals surface area contributed by atoms with Gasteiger partial charge < -0.3 is 16.2 Å². The topological polar surface area (TPSA) is 144 Å². The van der Waals surface area contributed by atoms with Crippen LogP contribution in [0.3, 0.4) is 0 Å². The molecule has 166 valence electrons. The maximum absolute atomic E-state index is 11.9. The minimum Gasteiger partial charge on any atom is -0.494 e. The number of carbonyl (C=O) groups is 2. The van der Waals surface area contributed by atoms with Crippen LogP contribution < -0.4 is 26.8 Å². The van der Waals surface area contributed by atoms with Crippen molar-refractivity contribution in [2.75, 3.05) is 6.61 Å². The summed E-state index contributed by atoms with van der Waals surface area (Å²) in [6, 6.07) is 14.6. The van der Waals surface area contributed by atoms with E-state index >= 15 is 0 Å². The Balaban J connectivity index is 1.85. The molecule has 2 aromatic rings. The summed E-state index contributed by atoms with van der Waals surface area (Å²) in [5, 5.41) is 11.8. The summed E-state index contributed by atoms with van der Waals surface area (Å²) < 4.78 is 6.20.